The smallest absolute Gasteiger partial charge is 0.138 e. The third kappa shape index (κ3) is 3.70. The Labute approximate surface area is 128 Å². The first-order valence-corrected chi connectivity index (χ1v) is 8.42. The van der Waals surface area contributed by atoms with E-state index in [0.717, 1.165) is 67.5 Å². The number of aromatic nitrogens is 2. The Balaban J connectivity index is 1.51. The summed E-state index contributed by atoms with van der Waals surface area (Å²) >= 11 is 1.66. The Morgan fingerprint density at radius 2 is 2.43 bits per heavy atom. The fraction of sp³-hybridized carbons (Fsp3) is 0.600. The van der Waals surface area contributed by atoms with Crippen LogP contribution in [0.3, 0.4) is 0 Å². The summed E-state index contributed by atoms with van der Waals surface area (Å²) < 4.78 is 11.1. The molecule has 1 saturated heterocycles. The van der Waals surface area contributed by atoms with Gasteiger partial charge < -0.3 is 14.8 Å². The largest absolute Gasteiger partial charge is 0.379 e. The number of aryl methyl sites for hydroxylation is 1. The van der Waals surface area contributed by atoms with Crippen LogP contribution in [0.15, 0.2) is 11.4 Å². The summed E-state index contributed by atoms with van der Waals surface area (Å²) in [5.41, 5.74) is 0. The van der Waals surface area contributed by atoms with Crippen molar-refractivity contribution < 1.29 is 9.47 Å². The third-order valence-corrected chi connectivity index (χ3v) is 4.35. The number of thiophene rings is 1. The lowest BCUT2D eigenvalue weighted by molar-refractivity contribution is 0.0427. The van der Waals surface area contributed by atoms with Gasteiger partial charge in [-0.2, -0.15) is 0 Å². The van der Waals surface area contributed by atoms with Crippen LogP contribution in [0.25, 0.3) is 10.2 Å². The minimum atomic E-state index is 0.291. The minimum Gasteiger partial charge on any atom is -0.379 e. The monoisotopic (exact) mass is 307 g/mol. The molecule has 1 aliphatic heterocycles. The van der Waals surface area contributed by atoms with Crippen molar-refractivity contribution in [3.05, 3.63) is 17.3 Å². The van der Waals surface area contributed by atoms with E-state index >= 15 is 0 Å². The van der Waals surface area contributed by atoms with Gasteiger partial charge in [-0.25, -0.2) is 9.97 Å². The standard InChI is InChI=1S/C15H21N3O2S/c1-2-13-17-14(12-5-9-21-15(12)18-13)16-6-3-7-20-11-4-8-19-10-11/h5,9,11H,2-4,6-8,10H2,1H3,(H,16,17,18). The van der Waals surface area contributed by atoms with Gasteiger partial charge in [-0.05, 0) is 24.3 Å². The van der Waals surface area contributed by atoms with Crippen molar-refractivity contribution in [2.24, 2.45) is 0 Å². The maximum absolute atomic E-state index is 5.76. The highest BCUT2D eigenvalue weighted by Gasteiger charge is 2.15. The molecular weight excluding hydrogens is 286 g/mol. The molecule has 1 unspecified atom stereocenters. The second kappa shape index (κ2) is 7.15. The summed E-state index contributed by atoms with van der Waals surface area (Å²) in [5.74, 6) is 1.84. The molecule has 1 aliphatic rings. The SMILES string of the molecule is CCc1nc(NCCCOC2CCOC2)c2ccsc2n1. The van der Waals surface area contributed by atoms with Gasteiger partial charge in [-0.1, -0.05) is 6.92 Å². The topological polar surface area (TPSA) is 56.3 Å². The zero-order chi connectivity index (χ0) is 14.5. The predicted molar refractivity (Wildman–Crippen MR) is 85.1 cm³/mol. The average Bonchev–Trinajstić information content (AvgIpc) is 3.17. The molecule has 0 bridgehead atoms. The highest BCUT2D eigenvalue weighted by Crippen LogP contribution is 2.25. The van der Waals surface area contributed by atoms with Crippen molar-refractivity contribution >= 4 is 27.4 Å². The first-order chi connectivity index (χ1) is 10.4. The molecule has 3 heterocycles. The van der Waals surface area contributed by atoms with Crippen LogP contribution in [-0.2, 0) is 15.9 Å². The Hall–Kier alpha value is -1.24. The molecule has 0 aromatic carbocycles. The number of nitrogens with zero attached hydrogens (tertiary/aromatic N) is 2. The molecule has 0 aliphatic carbocycles. The minimum absolute atomic E-state index is 0.291. The van der Waals surface area contributed by atoms with E-state index in [1.807, 2.05) is 0 Å². The molecule has 5 nitrogen and oxygen atoms in total. The second-order valence-corrected chi connectivity index (χ2v) is 6.01. The Bertz CT molecular complexity index is 581. The van der Waals surface area contributed by atoms with Crippen LogP contribution in [0, 0.1) is 0 Å². The lowest BCUT2D eigenvalue weighted by Gasteiger charge is -2.11. The van der Waals surface area contributed by atoms with Gasteiger partial charge in [0.25, 0.3) is 0 Å². The number of hydrogen-bond donors (Lipinski definition) is 1. The van der Waals surface area contributed by atoms with E-state index in [0.29, 0.717) is 6.10 Å². The quantitative estimate of drug-likeness (QED) is 0.797. The zero-order valence-electron chi connectivity index (χ0n) is 12.3. The van der Waals surface area contributed by atoms with Crippen molar-refractivity contribution in [3.63, 3.8) is 0 Å². The van der Waals surface area contributed by atoms with Crippen LogP contribution in [0.5, 0.6) is 0 Å². The van der Waals surface area contributed by atoms with E-state index in [4.69, 9.17) is 9.47 Å². The number of hydrogen-bond acceptors (Lipinski definition) is 6. The number of nitrogens with one attached hydrogen (secondary N) is 1. The van der Waals surface area contributed by atoms with Gasteiger partial charge in [0, 0.05) is 26.2 Å². The third-order valence-electron chi connectivity index (χ3n) is 3.54. The van der Waals surface area contributed by atoms with Crippen molar-refractivity contribution in [3.8, 4) is 0 Å². The van der Waals surface area contributed by atoms with Crippen LogP contribution in [0.2, 0.25) is 0 Å². The van der Waals surface area contributed by atoms with E-state index in [1.165, 1.54) is 0 Å². The molecule has 6 heteroatoms. The van der Waals surface area contributed by atoms with E-state index in [1.54, 1.807) is 11.3 Å². The van der Waals surface area contributed by atoms with Gasteiger partial charge in [-0.15, -0.1) is 11.3 Å². The lowest BCUT2D eigenvalue weighted by Crippen LogP contribution is -2.15. The van der Waals surface area contributed by atoms with Crippen molar-refractivity contribution in [2.45, 2.75) is 32.3 Å². The molecule has 0 amide bonds. The molecule has 0 radical (unpaired) electrons. The number of rotatable bonds is 7. The Morgan fingerprint density at radius 1 is 1.48 bits per heavy atom. The van der Waals surface area contributed by atoms with Gasteiger partial charge in [0.15, 0.2) is 0 Å². The fourth-order valence-electron chi connectivity index (χ4n) is 2.37. The normalized spacial score (nSPS) is 18.4. The molecule has 114 valence electrons. The van der Waals surface area contributed by atoms with Crippen molar-refractivity contribution in [1.29, 1.82) is 0 Å². The van der Waals surface area contributed by atoms with E-state index in [9.17, 15) is 0 Å². The molecule has 0 spiro atoms. The Kier molecular flexibility index (Phi) is 5.00. The van der Waals surface area contributed by atoms with Gasteiger partial charge in [0.1, 0.15) is 16.5 Å². The molecular formula is C15H21N3O2S. The molecule has 2 aromatic rings. The number of ether oxygens (including phenoxy) is 2. The first kappa shape index (κ1) is 14.7. The lowest BCUT2D eigenvalue weighted by atomic mass is 10.3. The molecule has 1 fully saturated rings. The Morgan fingerprint density at radius 3 is 3.24 bits per heavy atom. The molecule has 0 saturated carbocycles. The summed E-state index contributed by atoms with van der Waals surface area (Å²) in [7, 11) is 0. The molecule has 1 N–H and O–H groups in total. The molecule has 1 atom stereocenters. The summed E-state index contributed by atoms with van der Waals surface area (Å²) in [5, 5.41) is 6.59. The van der Waals surface area contributed by atoms with Crippen LogP contribution >= 0.6 is 11.3 Å². The van der Waals surface area contributed by atoms with Crippen LogP contribution in [0.4, 0.5) is 5.82 Å². The van der Waals surface area contributed by atoms with E-state index in [-0.39, 0.29) is 0 Å². The summed E-state index contributed by atoms with van der Waals surface area (Å²) in [6, 6.07) is 2.08. The second-order valence-electron chi connectivity index (χ2n) is 5.12. The predicted octanol–water partition coefficient (Wildman–Crippen LogP) is 2.86. The first-order valence-electron chi connectivity index (χ1n) is 7.54. The summed E-state index contributed by atoms with van der Waals surface area (Å²) in [4.78, 5) is 10.2. The molecule has 3 rings (SSSR count). The van der Waals surface area contributed by atoms with E-state index < -0.39 is 0 Å². The summed E-state index contributed by atoms with van der Waals surface area (Å²) in [6.07, 6.45) is 3.13. The highest BCUT2D eigenvalue weighted by atomic mass is 32.1. The summed E-state index contributed by atoms with van der Waals surface area (Å²) in [6.45, 7) is 5.28. The average molecular weight is 307 g/mol. The maximum Gasteiger partial charge on any atom is 0.138 e. The van der Waals surface area contributed by atoms with Crippen molar-refractivity contribution in [1.82, 2.24) is 9.97 Å². The zero-order valence-corrected chi connectivity index (χ0v) is 13.1. The van der Waals surface area contributed by atoms with Crippen LogP contribution < -0.4 is 5.32 Å². The van der Waals surface area contributed by atoms with Crippen molar-refractivity contribution in [2.75, 3.05) is 31.7 Å². The fourth-order valence-corrected chi connectivity index (χ4v) is 3.15. The van der Waals surface area contributed by atoms with Gasteiger partial charge in [-0.3, -0.25) is 0 Å². The van der Waals surface area contributed by atoms with E-state index in [2.05, 4.69) is 33.7 Å². The number of fused-ring (bicyclic) bond motifs is 1. The maximum atomic E-state index is 5.76. The van der Waals surface area contributed by atoms with Crippen LogP contribution in [0.1, 0.15) is 25.6 Å². The van der Waals surface area contributed by atoms with Crippen LogP contribution in [-0.4, -0.2) is 42.4 Å². The molecule has 21 heavy (non-hydrogen) atoms. The highest BCUT2D eigenvalue weighted by molar-refractivity contribution is 7.16. The van der Waals surface area contributed by atoms with Gasteiger partial charge in [0.05, 0.1) is 18.1 Å². The van der Waals surface area contributed by atoms with Gasteiger partial charge in [0.2, 0.25) is 0 Å². The number of anilines is 1. The molecule has 2 aromatic heterocycles. The van der Waals surface area contributed by atoms with Gasteiger partial charge >= 0.3 is 0 Å².